The monoisotopic (exact) mass is 405 g/mol. The normalized spacial score (nSPS) is 13.6. The minimum Gasteiger partial charge on any atom is -0.497 e. The molecule has 1 aromatic heterocycles. The van der Waals surface area contributed by atoms with E-state index in [0.717, 1.165) is 42.3 Å². The summed E-state index contributed by atoms with van der Waals surface area (Å²) in [6.45, 7) is 2.04. The number of carbonyl (C=O) groups excluding carboxylic acids is 2. The number of rotatable bonds is 9. The average Bonchev–Trinajstić information content (AvgIpc) is 3.13. The van der Waals surface area contributed by atoms with Crippen LogP contribution in [0.1, 0.15) is 26.2 Å². The zero-order valence-corrected chi connectivity index (χ0v) is 16.7. The second-order valence-electron chi connectivity index (χ2n) is 6.30. The maximum absolute atomic E-state index is 12.6. The van der Waals surface area contributed by atoms with Crippen molar-refractivity contribution >= 4 is 23.6 Å². The first kappa shape index (κ1) is 20.2. The molecule has 0 radical (unpaired) electrons. The summed E-state index contributed by atoms with van der Waals surface area (Å²) in [5, 5.41) is 8.32. The van der Waals surface area contributed by atoms with Gasteiger partial charge >= 0.3 is 5.97 Å². The molecule has 1 saturated carbocycles. The number of amides is 1. The predicted octanol–water partition coefficient (Wildman–Crippen LogP) is 2.78. The molecule has 1 heterocycles. The molecule has 0 N–H and O–H groups in total. The third-order valence-electron chi connectivity index (χ3n) is 4.50. The van der Waals surface area contributed by atoms with Gasteiger partial charge in [-0.25, -0.2) is 0 Å². The van der Waals surface area contributed by atoms with Crippen LogP contribution < -0.4 is 4.74 Å². The molecule has 1 fully saturated rings. The number of aromatic nitrogens is 2. The quantitative estimate of drug-likeness (QED) is 0.464. The Bertz CT molecular complexity index is 804. The Morgan fingerprint density at radius 1 is 1.25 bits per heavy atom. The molecule has 3 rings (SSSR count). The van der Waals surface area contributed by atoms with Crippen LogP contribution in [0.25, 0.3) is 11.5 Å². The molecule has 9 heteroatoms. The molecule has 0 aliphatic heterocycles. The summed E-state index contributed by atoms with van der Waals surface area (Å²) < 4.78 is 15.7. The Kier molecular flexibility index (Phi) is 6.91. The predicted molar refractivity (Wildman–Crippen MR) is 103 cm³/mol. The highest BCUT2D eigenvalue weighted by molar-refractivity contribution is 7.99. The van der Waals surface area contributed by atoms with Crippen molar-refractivity contribution in [3.8, 4) is 17.2 Å². The molecule has 1 aromatic carbocycles. The van der Waals surface area contributed by atoms with Gasteiger partial charge in [0.05, 0.1) is 19.5 Å². The van der Waals surface area contributed by atoms with Crippen LogP contribution in [-0.4, -0.2) is 59.0 Å². The number of benzene rings is 1. The van der Waals surface area contributed by atoms with E-state index in [-0.39, 0.29) is 30.2 Å². The molecule has 8 nitrogen and oxygen atoms in total. The number of hydrogen-bond acceptors (Lipinski definition) is 8. The molecule has 0 bridgehead atoms. The van der Waals surface area contributed by atoms with Gasteiger partial charge in [-0.3, -0.25) is 9.59 Å². The zero-order valence-electron chi connectivity index (χ0n) is 15.9. The van der Waals surface area contributed by atoms with Crippen molar-refractivity contribution < 1.29 is 23.5 Å². The van der Waals surface area contributed by atoms with Crippen molar-refractivity contribution in [3.05, 3.63) is 24.3 Å². The van der Waals surface area contributed by atoms with Crippen LogP contribution >= 0.6 is 11.8 Å². The van der Waals surface area contributed by atoms with Crippen LogP contribution in [-0.2, 0) is 14.3 Å². The standard InChI is InChI=1S/C19H23N3O5S/c1-3-26-17(24)11-22(14-5-4-6-14)16(23)12-28-19-21-20-18(27-19)13-7-9-15(25-2)10-8-13/h7-10,14H,3-6,11-12H2,1-2H3. The van der Waals surface area contributed by atoms with Gasteiger partial charge in [0.2, 0.25) is 11.8 Å². The summed E-state index contributed by atoms with van der Waals surface area (Å²) in [5.74, 6) is 0.723. The lowest BCUT2D eigenvalue weighted by molar-refractivity contribution is -0.150. The first-order valence-electron chi connectivity index (χ1n) is 9.16. The lowest BCUT2D eigenvalue weighted by Crippen LogP contribution is -2.47. The molecule has 0 saturated heterocycles. The molecule has 150 valence electrons. The van der Waals surface area contributed by atoms with E-state index in [4.69, 9.17) is 13.9 Å². The second-order valence-corrected chi connectivity index (χ2v) is 7.23. The maximum Gasteiger partial charge on any atom is 0.325 e. The summed E-state index contributed by atoms with van der Waals surface area (Å²) in [7, 11) is 1.60. The van der Waals surface area contributed by atoms with E-state index in [9.17, 15) is 9.59 Å². The summed E-state index contributed by atoms with van der Waals surface area (Å²) in [6, 6.07) is 7.37. The molecule has 1 amide bonds. The van der Waals surface area contributed by atoms with Crippen molar-refractivity contribution in [1.82, 2.24) is 15.1 Å². The third-order valence-corrected chi connectivity index (χ3v) is 5.31. The van der Waals surface area contributed by atoms with E-state index >= 15 is 0 Å². The van der Waals surface area contributed by atoms with Gasteiger partial charge < -0.3 is 18.8 Å². The lowest BCUT2D eigenvalue weighted by atomic mass is 9.91. The van der Waals surface area contributed by atoms with Gasteiger partial charge in [-0.05, 0) is 50.5 Å². The van der Waals surface area contributed by atoms with E-state index < -0.39 is 0 Å². The number of nitrogens with zero attached hydrogens (tertiary/aromatic N) is 3. The Labute approximate surface area is 167 Å². The third kappa shape index (κ3) is 5.03. The fraction of sp³-hybridized carbons (Fsp3) is 0.474. The molecule has 1 aliphatic rings. The first-order valence-corrected chi connectivity index (χ1v) is 10.1. The van der Waals surface area contributed by atoms with Crippen molar-refractivity contribution in [2.24, 2.45) is 0 Å². The van der Waals surface area contributed by atoms with Crippen LogP contribution in [0.5, 0.6) is 5.75 Å². The minimum absolute atomic E-state index is 0.0150. The van der Waals surface area contributed by atoms with Crippen molar-refractivity contribution in [2.75, 3.05) is 26.0 Å². The van der Waals surface area contributed by atoms with Crippen molar-refractivity contribution in [2.45, 2.75) is 37.5 Å². The lowest BCUT2D eigenvalue weighted by Gasteiger charge is -2.36. The van der Waals surface area contributed by atoms with Crippen LogP contribution in [0, 0.1) is 0 Å². The minimum atomic E-state index is -0.382. The largest absolute Gasteiger partial charge is 0.497 e. The van der Waals surface area contributed by atoms with Gasteiger partial charge in [-0.15, -0.1) is 10.2 Å². The molecule has 0 spiro atoms. The van der Waals surface area contributed by atoms with Crippen molar-refractivity contribution in [3.63, 3.8) is 0 Å². The van der Waals surface area contributed by atoms with Gasteiger partial charge in [0.15, 0.2) is 0 Å². The topological polar surface area (TPSA) is 94.8 Å². The summed E-state index contributed by atoms with van der Waals surface area (Å²) in [4.78, 5) is 26.0. The second kappa shape index (κ2) is 9.59. The first-order chi connectivity index (χ1) is 13.6. The average molecular weight is 405 g/mol. The number of hydrogen-bond donors (Lipinski definition) is 0. The van der Waals surface area contributed by atoms with Crippen LogP contribution in [0.2, 0.25) is 0 Å². The SMILES string of the molecule is CCOC(=O)CN(C(=O)CSc1nnc(-c2ccc(OC)cc2)o1)C1CCC1. The summed E-state index contributed by atoms with van der Waals surface area (Å²) >= 11 is 1.16. The Hall–Kier alpha value is -2.55. The van der Waals surface area contributed by atoms with Crippen molar-refractivity contribution in [1.29, 1.82) is 0 Å². The van der Waals surface area contributed by atoms with Crippen LogP contribution in [0.15, 0.2) is 33.9 Å². The Morgan fingerprint density at radius 3 is 2.61 bits per heavy atom. The van der Waals surface area contributed by atoms with E-state index in [2.05, 4.69) is 10.2 Å². The van der Waals surface area contributed by atoms with Gasteiger partial charge in [0.25, 0.3) is 5.22 Å². The molecule has 0 atom stereocenters. The van der Waals surface area contributed by atoms with Gasteiger partial charge in [-0.1, -0.05) is 11.8 Å². The molecular formula is C19H23N3O5S. The highest BCUT2D eigenvalue weighted by atomic mass is 32.2. The number of methoxy groups -OCH3 is 1. The molecule has 0 unspecified atom stereocenters. The molecular weight excluding hydrogens is 382 g/mol. The zero-order chi connectivity index (χ0) is 19.9. The van der Waals surface area contributed by atoms with Gasteiger partial charge in [0.1, 0.15) is 12.3 Å². The van der Waals surface area contributed by atoms with Crippen LogP contribution in [0.3, 0.4) is 0 Å². The summed E-state index contributed by atoms with van der Waals surface area (Å²) in [6.07, 6.45) is 2.90. The van der Waals surface area contributed by atoms with Crippen LogP contribution in [0.4, 0.5) is 0 Å². The van der Waals surface area contributed by atoms with E-state index in [1.54, 1.807) is 18.9 Å². The molecule has 1 aliphatic carbocycles. The highest BCUT2D eigenvalue weighted by Crippen LogP contribution is 2.28. The molecule has 28 heavy (non-hydrogen) atoms. The molecule has 2 aromatic rings. The van der Waals surface area contributed by atoms with E-state index in [1.165, 1.54) is 0 Å². The number of esters is 1. The smallest absolute Gasteiger partial charge is 0.325 e. The van der Waals surface area contributed by atoms with E-state index in [1.807, 2.05) is 24.3 Å². The highest BCUT2D eigenvalue weighted by Gasteiger charge is 2.30. The maximum atomic E-state index is 12.6. The number of ether oxygens (including phenoxy) is 2. The Balaban J connectivity index is 1.58. The fourth-order valence-corrected chi connectivity index (χ4v) is 3.44. The Morgan fingerprint density at radius 2 is 2.00 bits per heavy atom. The summed E-state index contributed by atoms with van der Waals surface area (Å²) in [5.41, 5.74) is 0.768. The van der Waals surface area contributed by atoms with Gasteiger partial charge in [0, 0.05) is 11.6 Å². The fourth-order valence-electron chi connectivity index (χ4n) is 2.79. The van der Waals surface area contributed by atoms with Gasteiger partial charge in [-0.2, -0.15) is 0 Å². The number of carbonyl (C=O) groups is 2. The van der Waals surface area contributed by atoms with E-state index in [0.29, 0.717) is 17.7 Å². The number of thioether (sulfide) groups is 1.